The number of nitrogens with two attached hydrogens (primary N) is 1. The lowest BCUT2D eigenvalue weighted by molar-refractivity contribution is 0.594. The van der Waals surface area contributed by atoms with E-state index in [0.29, 0.717) is 0 Å². The Balaban J connectivity index is 2.46. The largest absolute Gasteiger partial charge is 0.330 e. The number of benzene rings is 1. The van der Waals surface area contributed by atoms with Crippen LogP contribution in [0.4, 0.5) is 0 Å². The Morgan fingerprint density at radius 1 is 1.29 bits per heavy atom. The Morgan fingerprint density at radius 2 is 2.06 bits per heavy atom. The van der Waals surface area contributed by atoms with Crippen LogP contribution in [0, 0.1) is 0 Å². The van der Waals surface area contributed by atoms with Gasteiger partial charge in [0.1, 0.15) is 0 Å². The number of nitrogens with zero attached hydrogens (tertiary/aromatic N) is 1. The first-order valence-corrected chi connectivity index (χ1v) is 6.93. The molecule has 0 spiro atoms. The average molecular weight is 248 g/mol. The second-order valence-corrected chi connectivity index (χ2v) is 6.52. The van der Waals surface area contributed by atoms with Crippen molar-refractivity contribution in [2.45, 2.75) is 39.0 Å². The van der Waals surface area contributed by atoms with Gasteiger partial charge in [0.15, 0.2) is 0 Å². The number of para-hydroxylation sites is 1. The van der Waals surface area contributed by atoms with Crippen LogP contribution in [0.5, 0.6) is 0 Å². The molecule has 1 aromatic heterocycles. The van der Waals surface area contributed by atoms with Gasteiger partial charge in [-0.15, -0.1) is 11.3 Å². The van der Waals surface area contributed by atoms with Crippen molar-refractivity contribution in [1.29, 1.82) is 0 Å². The third-order valence-electron chi connectivity index (χ3n) is 2.87. The van der Waals surface area contributed by atoms with Crippen LogP contribution in [0.25, 0.3) is 10.2 Å². The molecule has 3 heteroatoms. The van der Waals surface area contributed by atoms with E-state index in [-0.39, 0.29) is 5.41 Å². The standard InChI is InChI=1S/C14H20N2S/c1-14(2,3)10-6-4-7-11-13(10)16-12(17-11)8-5-9-15/h4,6-7H,5,8-9,15H2,1-3H3. The minimum atomic E-state index is 0.152. The molecule has 2 N–H and O–H groups in total. The summed E-state index contributed by atoms with van der Waals surface area (Å²) in [6.07, 6.45) is 2.02. The highest BCUT2D eigenvalue weighted by Crippen LogP contribution is 2.32. The van der Waals surface area contributed by atoms with E-state index in [9.17, 15) is 0 Å². The maximum absolute atomic E-state index is 5.55. The lowest BCUT2D eigenvalue weighted by atomic mass is 9.86. The number of rotatable bonds is 3. The fraction of sp³-hybridized carbons (Fsp3) is 0.500. The zero-order valence-corrected chi connectivity index (χ0v) is 11.6. The molecule has 2 rings (SSSR count). The second kappa shape index (κ2) is 4.75. The molecule has 0 bridgehead atoms. The summed E-state index contributed by atoms with van der Waals surface area (Å²) in [5.41, 5.74) is 8.21. The third kappa shape index (κ3) is 2.67. The van der Waals surface area contributed by atoms with E-state index in [1.807, 2.05) is 0 Å². The molecule has 1 aromatic carbocycles. The minimum absolute atomic E-state index is 0.152. The van der Waals surface area contributed by atoms with Gasteiger partial charge in [-0.2, -0.15) is 0 Å². The summed E-state index contributed by atoms with van der Waals surface area (Å²) in [5.74, 6) is 0. The summed E-state index contributed by atoms with van der Waals surface area (Å²) in [7, 11) is 0. The van der Waals surface area contributed by atoms with E-state index in [4.69, 9.17) is 10.7 Å². The molecule has 0 radical (unpaired) electrons. The second-order valence-electron chi connectivity index (χ2n) is 5.40. The molecule has 0 amide bonds. The molecule has 0 saturated heterocycles. The lowest BCUT2D eigenvalue weighted by Crippen LogP contribution is -2.11. The molecule has 17 heavy (non-hydrogen) atoms. The van der Waals surface area contributed by atoms with Crippen molar-refractivity contribution in [2.75, 3.05) is 6.54 Å². The Bertz CT molecular complexity index is 508. The zero-order chi connectivity index (χ0) is 12.5. The average Bonchev–Trinajstić information content (AvgIpc) is 2.66. The van der Waals surface area contributed by atoms with Crippen molar-refractivity contribution >= 4 is 21.6 Å². The Kier molecular flexibility index (Phi) is 3.50. The number of fused-ring (bicyclic) bond motifs is 1. The van der Waals surface area contributed by atoms with Crippen molar-refractivity contribution in [2.24, 2.45) is 5.73 Å². The van der Waals surface area contributed by atoms with Gasteiger partial charge in [0.25, 0.3) is 0 Å². The maximum Gasteiger partial charge on any atom is 0.0939 e. The fourth-order valence-electron chi connectivity index (χ4n) is 1.96. The number of aromatic nitrogens is 1. The molecule has 2 aromatic rings. The van der Waals surface area contributed by atoms with E-state index < -0.39 is 0 Å². The molecule has 92 valence electrons. The summed E-state index contributed by atoms with van der Waals surface area (Å²) < 4.78 is 1.30. The molecule has 0 aliphatic carbocycles. The van der Waals surface area contributed by atoms with Gasteiger partial charge in [0.05, 0.1) is 15.2 Å². The monoisotopic (exact) mass is 248 g/mol. The number of hydrogen-bond donors (Lipinski definition) is 1. The van der Waals surface area contributed by atoms with Gasteiger partial charge in [0.2, 0.25) is 0 Å². The first-order valence-electron chi connectivity index (χ1n) is 6.11. The van der Waals surface area contributed by atoms with Gasteiger partial charge in [-0.25, -0.2) is 4.98 Å². The Morgan fingerprint density at radius 3 is 2.71 bits per heavy atom. The van der Waals surface area contributed by atoms with Crippen LogP contribution in [-0.4, -0.2) is 11.5 Å². The predicted octanol–water partition coefficient (Wildman–Crippen LogP) is 3.49. The SMILES string of the molecule is CC(C)(C)c1cccc2sc(CCCN)nc12. The highest BCUT2D eigenvalue weighted by molar-refractivity contribution is 7.18. The van der Waals surface area contributed by atoms with Gasteiger partial charge in [-0.1, -0.05) is 32.9 Å². The summed E-state index contributed by atoms with van der Waals surface area (Å²) in [4.78, 5) is 4.78. The Hall–Kier alpha value is -0.930. The molecular weight excluding hydrogens is 228 g/mol. The van der Waals surface area contributed by atoms with Crippen LogP contribution < -0.4 is 5.73 Å². The quantitative estimate of drug-likeness (QED) is 0.903. The van der Waals surface area contributed by atoms with Crippen LogP contribution in [0.3, 0.4) is 0 Å². The topological polar surface area (TPSA) is 38.9 Å². The van der Waals surface area contributed by atoms with E-state index in [1.54, 1.807) is 11.3 Å². The molecule has 0 saturated carbocycles. The normalized spacial score (nSPS) is 12.2. The molecule has 0 atom stereocenters. The predicted molar refractivity (Wildman–Crippen MR) is 75.7 cm³/mol. The van der Waals surface area contributed by atoms with Crippen LogP contribution in [0.15, 0.2) is 18.2 Å². The van der Waals surface area contributed by atoms with E-state index in [2.05, 4.69) is 39.0 Å². The van der Waals surface area contributed by atoms with Gasteiger partial charge in [-0.05, 0) is 30.0 Å². The highest BCUT2D eigenvalue weighted by Gasteiger charge is 2.18. The highest BCUT2D eigenvalue weighted by atomic mass is 32.1. The summed E-state index contributed by atoms with van der Waals surface area (Å²) in [6, 6.07) is 6.48. The van der Waals surface area contributed by atoms with Crippen LogP contribution in [-0.2, 0) is 11.8 Å². The minimum Gasteiger partial charge on any atom is -0.330 e. The molecular formula is C14H20N2S. The number of thiazole rings is 1. The van der Waals surface area contributed by atoms with Gasteiger partial charge >= 0.3 is 0 Å². The van der Waals surface area contributed by atoms with Gasteiger partial charge in [0, 0.05) is 6.42 Å². The van der Waals surface area contributed by atoms with Crippen molar-refractivity contribution in [3.8, 4) is 0 Å². The molecule has 0 aliphatic rings. The van der Waals surface area contributed by atoms with E-state index in [1.165, 1.54) is 20.8 Å². The number of hydrogen-bond acceptors (Lipinski definition) is 3. The first-order chi connectivity index (χ1) is 8.02. The van der Waals surface area contributed by atoms with Crippen molar-refractivity contribution in [1.82, 2.24) is 4.98 Å². The molecule has 1 heterocycles. The van der Waals surface area contributed by atoms with Crippen molar-refractivity contribution < 1.29 is 0 Å². The molecule has 2 nitrogen and oxygen atoms in total. The van der Waals surface area contributed by atoms with Crippen molar-refractivity contribution in [3.63, 3.8) is 0 Å². The fourth-order valence-corrected chi connectivity index (χ4v) is 3.00. The van der Waals surface area contributed by atoms with E-state index >= 15 is 0 Å². The maximum atomic E-state index is 5.55. The molecule has 0 unspecified atom stereocenters. The molecule has 0 fully saturated rings. The van der Waals surface area contributed by atoms with Gasteiger partial charge < -0.3 is 5.73 Å². The van der Waals surface area contributed by atoms with Crippen LogP contribution in [0.2, 0.25) is 0 Å². The van der Waals surface area contributed by atoms with Gasteiger partial charge in [-0.3, -0.25) is 0 Å². The number of aryl methyl sites for hydroxylation is 1. The summed E-state index contributed by atoms with van der Waals surface area (Å²) in [6.45, 7) is 7.45. The van der Waals surface area contributed by atoms with Crippen LogP contribution >= 0.6 is 11.3 Å². The Labute approximate surface area is 107 Å². The van der Waals surface area contributed by atoms with Crippen molar-refractivity contribution in [3.05, 3.63) is 28.8 Å². The summed E-state index contributed by atoms with van der Waals surface area (Å²) in [5, 5.41) is 1.21. The molecule has 0 aliphatic heterocycles. The lowest BCUT2D eigenvalue weighted by Gasteiger charge is -2.19. The van der Waals surface area contributed by atoms with E-state index in [0.717, 1.165) is 19.4 Å². The first kappa shape index (κ1) is 12.5. The van der Waals surface area contributed by atoms with Crippen LogP contribution in [0.1, 0.15) is 37.8 Å². The summed E-state index contributed by atoms with van der Waals surface area (Å²) >= 11 is 1.80. The third-order valence-corrected chi connectivity index (χ3v) is 3.95. The zero-order valence-electron chi connectivity index (χ0n) is 10.8. The smallest absolute Gasteiger partial charge is 0.0939 e.